The summed E-state index contributed by atoms with van der Waals surface area (Å²) in [5.74, 6) is 1.09. The van der Waals surface area contributed by atoms with Crippen LogP contribution in [0.5, 0.6) is 0 Å². The molecule has 0 fully saturated rings. The van der Waals surface area contributed by atoms with E-state index in [1.54, 1.807) is 0 Å². The van der Waals surface area contributed by atoms with Gasteiger partial charge >= 0.3 is 0 Å². The molecule has 1 aliphatic rings. The van der Waals surface area contributed by atoms with E-state index in [2.05, 4.69) is 41.2 Å². The number of nitrogens with zero attached hydrogens (tertiary/aromatic N) is 3. The predicted molar refractivity (Wildman–Crippen MR) is 87.7 cm³/mol. The summed E-state index contributed by atoms with van der Waals surface area (Å²) >= 11 is 0. The van der Waals surface area contributed by atoms with E-state index in [0.717, 1.165) is 56.0 Å². The second-order valence-electron chi connectivity index (χ2n) is 5.81. The molecule has 0 saturated heterocycles. The van der Waals surface area contributed by atoms with Crippen molar-refractivity contribution in [3.05, 3.63) is 41.1 Å². The van der Waals surface area contributed by atoms with Crippen molar-refractivity contribution in [2.75, 3.05) is 23.7 Å². The van der Waals surface area contributed by atoms with E-state index in [4.69, 9.17) is 5.73 Å². The minimum atomic E-state index is 0.866. The Labute approximate surface area is 126 Å². The molecule has 0 bridgehead atoms. The van der Waals surface area contributed by atoms with E-state index >= 15 is 0 Å². The smallest absolute Gasteiger partial charge is 0.150 e. The molecule has 2 aromatic rings. The summed E-state index contributed by atoms with van der Waals surface area (Å²) in [5.41, 5.74) is 11.2. The highest BCUT2D eigenvalue weighted by Crippen LogP contribution is 2.29. The molecule has 0 amide bonds. The van der Waals surface area contributed by atoms with Crippen molar-refractivity contribution in [3.63, 3.8) is 0 Å². The van der Waals surface area contributed by atoms with Gasteiger partial charge in [0.15, 0.2) is 0 Å². The Morgan fingerprint density at radius 3 is 2.33 bits per heavy atom. The largest absolute Gasteiger partial charge is 0.394 e. The number of fused-ring (bicyclic) bond motifs is 1. The highest BCUT2D eigenvalue weighted by Gasteiger charge is 2.21. The van der Waals surface area contributed by atoms with Gasteiger partial charge in [-0.05, 0) is 30.4 Å². The molecule has 2 heterocycles. The van der Waals surface area contributed by atoms with Crippen molar-refractivity contribution in [1.29, 1.82) is 0 Å². The first-order chi connectivity index (χ1) is 10.2. The first-order valence-corrected chi connectivity index (χ1v) is 7.83. The molecule has 0 aliphatic carbocycles. The third kappa shape index (κ3) is 2.62. The van der Waals surface area contributed by atoms with Gasteiger partial charge in [0.25, 0.3) is 0 Å². The topological polar surface area (TPSA) is 47.1 Å². The first-order valence-electron chi connectivity index (χ1n) is 7.83. The van der Waals surface area contributed by atoms with Crippen LogP contribution in [0, 0.1) is 0 Å². The van der Waals surface area contributed by atoms with Crippen molar-refractivity contribution in [1.82, 2.24) is 9.78 Å². The molecule has 1 aromatic carbocycles. The average molecular weight is 284 g/mol. The Morgan fingerprint density at radius 2 is 1.76 bits per heavy atom. The molecule has 1 aromatic heterocycles. The van der Waals surface area contributed by atoms with Crippen LogP contribution in [0.1, 0.15) is 30.2 Å². The summed E-state index contributed by atoms with van der Waals surface area (Å²) in [6, 6.07) is 8.75. The van der Waals surface area contributed by atoms with Gasteiger partial charge in [-0.1, -0.05) is 37.6 Å². The molecule has 2 N–H and O–H groups in total. The summed E-state index contributed by atoms with van der Waals surface area (Å²) < 4.78 is 1.95. The number of benzene rings is 1. The van der Waals surface area contributed by atoms with Crippen molar-refractivity contribution in [3.8, 4) is 0 Å². The molecule has 0 spiro atoms. The molecule has 4 nitrogen and oxygen atoms in total. The lowest BCUT2D eigenvalue weighted by Gasteiger charge is -2.23. The zero-order valence-corrected chi connectivity index (χ0v) is 13.0. The van der Waals surface area contributed by atoms with Crippen LogP contribution in [-0.2, 0) is 26.3 Å². The highest BCUT2D eigenvalue weighted by atomic mass is 15.4. The quantitative estimate of drug-likeness (QED) is 0.942. The lowest BCUT2D eigenvalue weighted by molar-refractivity contribution is 0.692. The van der Waals surface area contributed by atoms with Gasteiger partial charge in [0.2, 0.25) is 0 Å². The second-order valence-corrected chi connectivity index (χ2v) is 5.81. The molecule has 0 radical (unpaired) electrons. The Hall–Kier alpha value is -1.97. The van der Waals surface area contributed by atoms with Gasteiger partial charge in [0.05, 0.1) is 11.4 Å². The fourth-order valence-electron chi connectivity index (χ4n) is 3.26. The monoisotopic (exact) mass is 284 g/mol. The van der Waals surface area contributed by atoms with Crippen LogP contribution in [-0.4, -0.2) is 22.9 Å². The van der Waals surface area contributed by atoms with Gasteiger partial charge in [-0.25, -0.2) is 0 Å². The number of anilines is 2. The number of nitrogen functional groups attached to an aromatic ring is 1. The second kappa shape index (κ2) is 5.80. The number of nitrogens with two attached hydrogens (primary N) is 1. The molecular formula is C17H24N4. The normalized spacial score (nSPS) is 14.9. The third-order valence-electron chi connectivity index (χ3n) is 4.34. The van der Waals surface area contributed by atoms with Gasteiger partial charge < -0.3 is 10.6 Å². The molecule has 1 aliphatic heterocycles. The summed E-state index contributed by atoms with van der Waals surface area (Å²) in [5, 5.41) is 4.60. The maximum Gasteiger partial charge on any atom is 0.150 e. The van der Waals surface area contributed by atoms with E-state index in [9.17, 15) is 0 Å². The van der Waals surface area contributed by atoms with Crippen molar-refractivity contribution >= 4 is 11.5 Å². The van der Waals surface area contributed by atoms with Crippen LogP contribution in [0.3, 0.4) is 0 Å². The lowest BCUT2D eigenvalue weighted by Crippen LogP contribution is -2.28. The molecule has 0 atom stereocenters. The van der Waals surface area contributed by atoms with Crippen molar-refractivity contribution < 1.29 is 0 Å². The Kier molecular flexibility index (Phi) is 3.86. The lowest BCUT2D eigenvalue weighted by atomic mass is 10.0. The Balaban J connectivity index is 1.86. The number of aryl methyl sites for hydroxylation is 2. The van der Waals surface area contributed by atoms with Crippen molar-refractivity contribution in [2.45, 2.75) is 32.6 Å². The van der Waals surface area contributed by atoms with Crippen LogP contribution >= 0.6 is 0 Å². The van der Waals surface area contributed by atoms with Crippen LogP contribution < -0.4 is 10.6 Å². The summed E-state index contributed by atoms with van der Waals surface area (Å²) in [6.45, 7) is 4.18. The van der Waals surface area contributed by atoms with E-state index in [1.165, 1.54) is 11.1 Å². The summed E-state index contributed by atoms with van der Waals surface area (Å²) in [6.07, 6.45) is 4.17. The third-order valence-corrected chi connectivity index (χ3v) is 4.34. The molecule has 0 saturated carbocycles. The van der Waals surface area contributed by atoms with Gasteiger partial charge in [-0.15, -0.1) is 0 Å². The molecule has 4 heteroatoms. The molecule has 3 rings (SSSR count). The van der Waals surface area contributed by atoms with Gasteiger partial charge in [0.1, 0.15) is 5.82 Å². The Morgan fingerprint density at radius 1 is 1.14 bits per heavy atom. The summed E-state index contributed by atoms with van der Waals surface area (Å²) in [4.78, 5) is 2.39. The van der Waals surface area contributed by atoms with E-state index < -0.39 is 0 Å². The van der Waals surface area contributed by atoms with Gasteiger partial charge in [-0.3, -0.25) is 4.68 Å². The fourth-order valence-corrected chi connectivity index (χ4v) is 3.26. The maximum absolute atomic E-state index is 6.35. The van der Waals surface area contributed by atoms with E-state index in [1.807, 2.05) is 11.7 Å². The number of hydrogen-bond acceptors (Lipinski definition) is 3. The highest BCUT2D eigenvalue weighted by molar-refractivity contribution is 5.66. The summed E-state index contributed by atoms with van der Waals surface area (Å²) in [7, 11) is 2.00. The Bertz CT molecular complexity index is 603. The maximum atomic E-state index is 6.35. The van der Waals surface area contributed by atoms with Gasteiger partial charge in [0, 0.05) is 20.1 Å². The number of rotatable bonds is 3. The molecule has 112 valence electrons. The van der Waals surface area contributed by atoms with Gasteiger partial charge in [-0.2, -0.15) is 5.10 Å². The minimum Gasteiger partial charge on any atom is -0.394 e. The average Bonchev–Trinajstić information content (AvgIpc) is 2.66. The zero-order chi connectivity index (χ0) is 14.8. The van der Waals surface area contributed by atoms with Crippen molar-refractivity contribution in [2.24, 2.45) is 7.05 Å². The van der Waals surface area contributed by atoms with Crippen LogP contribution in [0.2, 0.25) is 0 Å². The number of hydrogen-bond donors (Lipinski definition) is 1. The molecule has 0 unspecified atom stereocenters. The fraction of sp³-hybridized carbons (Fsp3) is 0.471. The SMILES string of the molecule is CCCc1nn(C)c(N2CCc3ccccc3CC2)c1N. The predicted octanol–water partition coefficient (Wildman–Crippen LogP) is 2.56. The van der Waals surface area contributed by atoms with Crippen LogP contribution in [0.15, 0.2) is 24.3 Å². The number of aromatic nitrogens is 2. The minimum absolute atomic E-state index is 0.866. The molecular weight excluding hydrogens is 260 g/mol. The molecule has 21 heavy (non-hydrogen) atoms. The zero-order valence-electron chi connectivity index (χ0n) is 13.0. The van der Waals surface area contributed by atoms with Crippen LogP contribution in [0.4, 0.5) is 11.5 Å². The van der Waals surface area contributed by atoms with Crippen LogP contribution in [0.25, 0.3) is 0 Å². The van der Waals surface area contributed by atoms with E-state index in [0.29, 0.717) is 0 Å². The standard InChI is InChI=1S/C17H24N4/c1-3-6-15-16(18)17(20(2)19-15)21-11-9-13-7-4-5-8-14(13)10-12-21/h4-5,7-8H,3,6,9-12,18H2,1-2H3. The first kappa shape index (κ1) is 14.0. The van der Waals surface area contributed by atoms with E-state index in [-0.39, 0.29) is 0 Å².